The molecule has 10 nitrogen and oxygen atoms in total. The Labute approximate surface area is 167 Å². The highest BCUT2D eigenvalue weighted by Crippen LogP contribution is 2.25. The Morgan fingerprint density at radius 2 is 1.90 bits per heavy atom. The number of aryl methyl sites for hydroxylation is 1. The summed E-state index contributed by atoms with van der Waals surface area (Å²) >= 11 is 0. The number of aromatic nitrogens is 4. The lowest BCUT2D eigenvalue weighted by molar-refractivity contribution is -0.118. The van der Waals surface area contributed by atoms with E-state index in [0.29, 0.717) is 28.8 Å². The van der Waals surface area contributed by atoms with Crippen LogP contribution in [-0.4, -0.2) is 37.0 Å². The minimum atomic E-state index is -1.30. The maximum Gasteiger partial charge on any atom is 0.239 e. The van der Waals surface area contributed by atoms with Crippen LogP contribution in [0.1, 0.15) is 24.5 Å². The molecule has 0 bridgehead atoms. The molecule has 0 saturated carbocycles. The lowest BCUT2D eigenvalue weighted by atomic mass is 10.2. The largest absolute Gasteiger partial charge is 0.438 e. The van der Waals surface area contributed by atoms with Gasteiger partial charge in [0, 0.05) is 11.6 Å². The van der Waals surface area contributed by atoms with Crippen LogP contribution in [0.25, 0.3) is 11.4 Å². The Morgan fingerprint density at radius 3 is 2.48 bits per heavy atom. The van der Waals surface area contributed by atoms with Crippen LogP contribution in [0.15, 0.2) is 42.7 Å². The van der Waals surface area contributed by atoms with Crippen LogP contribution in [0.5, 0.6) is 11.6 Å². The van der Waals surface area contributed by atoms with Crippen LogP contribution in [0.2, 0.25) is 0 Å². The molecular formula is C19H21N7O3. The fraction of sp³-hybridized carbons (Fsp3) is 0.211. The van der Waals surface area contributed by atoms with Crippen molar-refractivity contribution in [3.05, 3.63) is 54.1 Å². The van der Waals surface area contributed by atoms with E-state index in [9.17, 15) is 9.90 Å². The number of hydrogen-bond acceptors (Lipinski definition) is 9. The minimum absolute atomic E-state index is 0.199. The van der Waals surface area contributed by atoms with Crippen molar-refractivity contribution in [2.45, 2.75) is 26.1 Å². The van der Waals surface area contributed by atoms with Crippen LogP contribution in [0.4, 0.5) is 5.82 Å². The zero-order valence-corrected chi connectivity index (χ0v) is 15.9. The molecule has 3 aromatic rings. The molecule has 0 radical (unpaired) electrons. The van der Waals surface area contributed by atoms with E-state index >= 15 is 0 Å². The number of amides is 1. The van der Waals surface area contributed by atoms with Crippen molar-refractivity contribution < 1.29 is 14.6 Å². The highest BCUT2D eigenvalue weighted by Gasteiger charge is 2.14. The minimum Gasteiger partial charge on any atom is -0.438 e. The smallest absolute Gasteiger partial charge is 0.239 e. The molecule has 2 heterocycles. The Hall–Kier alpha value is -3.63. The highest BCUT2D eigenvalue weighted by molar-refractivity contribution is 5.82. The molecule has 0 aliphatic carbocycles. The van der Waals surface area contributed by atoms with Gasteiger partial charge in [-0.05, 0) is 38.1 Å². The third-order valence-corrected chi connectivity index (χ3v) is 3.93. The van der Waals surface area contributed by atoms with Gasteiger partial charge in [0.05, 0.1) is 23.8 Å². The molecule has 150 valence electrons. The number of benzene rings is 1. The number of nitrogens with two attached hydrogens (primary N) is 2. The SMILES string of the molecule is Cc1cnc(Oc2ccc(-c3nc(N[C@@H](C)C(N)=O)cc(C(N)O)n3)cc2)cn1. The molecule has 0 spiro atoms. The summed E-state index contributed by atoms with van der Waals surface area (Å²) in [6.45, 7) is 3.44. The lowest BCUT2D eigenvalue weighted by Crippen LogP contribution is -2.33. The molecule has 3 rings (SSSR count). The molecule has 0 aliphatic rings. The third kappa shape index (κ3) is 5.21. The quantitative estimate of drug-likeness (QED) is 0.431. The summed E-state index contributed by atoms with van der Waals surface area (Å²) in [6.07, 6.45) is 1.85. The van der Waals surface area contributed by atoms with E-state index in [1.807, 2.05) is 6.92 Å². The number of rotatable bonds is 7. The van der Waals surface area contributed by atoms with E-state index in [-0.39, 0.29) is 5.69 Å². The molecule has 6 N–H and O–H groups in total. The normalized spacial score (nSPS) is 12.8. The van der Waals surface area contributed by atoms with Gasteiger partial charge in [0.2, 0.25) is 11.8 Å². The molecule has 10 heteroatoms. The summed E-state index contributed by atoms with van der Waals surface area (Å²) in [5, 5.41) is 12.6. The Bertz CT molecular complexity index is 992. The first-order valence-corrected chi connectivity index (χ1v) is 8.77. The number of primary amides is 1. The first-order chi connectivity index (χ1) is 13.8. The Balaban J connectivity index is 1.85. The summed E-state index contributed by atoms with van der Waals surface area (Å²) in [5.74, 6) is 1.02. The summed E-state index contributed by atoms with van der Waals surface area (Å²) in [5.41, 5.74) is 12.5. The van der Waals surface area contributed by atoms with Gasteiger partial charge < -0.3 is 26.6 Å². The number of nitrogens with zero attached hydrogens (tertiary/aromatic N) is 4. The van der Waals surface area contributed by atoms with Gasteiger partial charge in [0.15, 0.2) is 5.82 Å². The van der Waals surface area contributed by atoms with Crippen LogP contribution >= 0.6 is 0 Å². The number of nitrogens with one attached hydrogen (secondary N) is 1. The van der Waals surface area contributed by atoms with Crippen LogP contribution < -0.4 is 21.5 Å². The molecule has 29 heavy (non-hydrogen) atoms. The Kier molecular flexibility index (Phi) is 5.96. The van der Waals surface area contributed by atoms with Crippen molar-refractivity contribution in [3.63, 3.8) is 0 Å². The van der Waals surface area contributed by atoms with Gasteiger partial charge in [-0.3, -0.25) is 9.78 Å². The number of carbonyl (C=O) groups excluding carboxylic acids is 1. The van der Waals surface area contributed by atoms with Crippen LogP contribution in [-0.2, 0) is 4.79 Å². The monoisotopic (exact) mass is 395 g/mol. The molecule has 2 atom stereocenters. The molecule has 0 fully saturated rings. The zero-order chi connectivity index (χ0) is 21.0. The van der Waals surface area contributed by atoms with Gasteiger partial charge in [-0.1, -0.05) is 0 Å². The Morgan fingerprint density at radius 1 is 1.17 bits per heavy atom. The number of aliphatic hydroxyl groups excluding tert-OH is 1. The average Bonchev–Trinajstić information content (AvgIpc) is 2.70. The van der Waals surface area contributed by atoms with E-state index < -0.39 is 18.2 Å². The van der Waals surface area contributed by atoms with Gasteiger partial charge in [0.1, 0.15) is 23.8 Å². The molecule has 0 saturated heterocycles. The number of aliphatic hydroxyl groups is 1. The second-order valence-electron chi connectivity index (χ2n) is 6.34. The molecule has 1 aromatic carbocycles. The zero-order valence-electron chi connectivity index (χ0n) is 15.9. The van der Waals surface area contributed by atoms with Gasteiger partial charge in [0.25, 0.3) is 0 Å². The van der Waals surface area contributed by atoms with Crippen molar-refractivity contribution in [2.75, 3.05) is 5.32 Å². The predicted octanol–water partition coefficient (Wildman–Crippen LogP) is 1.27. The van der Waals surface area contributed by atoms with Crippen molar-refractivity contribution in [3.8, 4) is 23.0 Å². The lowest BCUT2D eigenvalue weighted by Gasteiger charge is -2.14. The van der Waals surface area contributed by atoms with E-state index in [2.05, 4.69) is 25.3 Å². The fourth-order valence-electron chi connectivity index (χ4n) is 2.34. The molecular weight excluding hydrogens is 374 g/mol. The van der Waals surface area contributed by atoms with E-state index in [4.69, 9.17) is 16.2 Å². The highest BCUT2D eigenvalue weighted by atomic mass is 16.5. The predicted molar refractivity (Wildman–Crippen MR) is 106 cm³/mol. The topological polar surface area (TPSA) is 162 Å². The molecule has 1 unspecified atom stereocenters. The molecule has 2 aromatic heterocycles. The standard InChI is InChI=1S/C19H21N7O3/c1-10-8-23-16(9-22-10)29-13-5-3-12(4-6-13)19-25-14(18(21)28)7-15(26-19)24-11(2)17(20)27/h3-9,11,18,28H,21H2,1-2H3,(H2,20,27)(H,24,25,26)/t11-,18?/m0/s1. The van der Waals surface area contributed by atoms with E-state index in [1.54, 1.807) is 37.4 Å². The third-order valence-electron chi connectivity index (χ3n) is 3.93. The van der Waals surface area contributed by atoms with E-state index in [0.717, 1.165) is 5.69 Å². The maximum atomic E-state index is 11.3. The molecule has 1 amide bonds. The van der Waals surface area contributed by atoms with E-state index in [1.165, 1.54) is 12.3 Å². The van der Waals surface area contributed by atoms with Gasteiger partial charge >= 0.3 is 0 Å². The molecule has 0 aliphatic heterocycles. The fourth-order valence-corrected chi connectivity index (χ4v) is 2.34. The van der Waals surface area contributed by atoms with Gasteiger partial charge in [-0.15, -0.1) is 0 Å². The summed E-state index contributed by atoms with van der Waals surface area (Å²) in [6, 6.07) is 7.75. The number of carbonyl (C=O) groups is 1. The van der Waals surface area contributed by atoms with Crippen molar-refractivity contribution in [1.82, 2.24) is 19.9 Å². The van der Waals surface area contributed by atoms with Crippen molar-refractivity contribution >= 4 is 11.7 Å². The summed E-state index contributed by atoms with van der Waals surface area (Å²) in [7, 11) is 0. The number of anilines is 1. The van der Waals surface area contributed by atoms with Crippen LogP contribution in [0.3, 0.4) is 0 Å². The van der Waals surface area contributed by atoms with Crippen LogP contribution in [0, 0.1) is 6.92 Å². The van der Waals surface area contributed by atoms with Crippen molar-refractivity contribution in [1.29, 1.82) is 0 Å². The second-order valence-corrected chi connectivity index (χ2v) is 6.34. The van der Waals surface area contributed by atoms with Gasteiger partial charge in [-0.2, -0.15) is 0 Å². The average molecular weight is 395 g/mol. The number of ether oxygens (including phenoxy) is 1. The maximum absolute atomic E-state index is 11.3. The summed E-state index contributed by atoms with van der Waals surface area (Å²) in [4.78, 5) is 28.2. The number of hydrogen-bond donors (Lipinski definition) is 4. The first-order valence-electron chi connectivity index (χ1n) is 8.77. The van der Waals surface area contributed by atoms with Crippen molar-refractivity contribution in [2.24, 2.45) is 11.5 Å². The van der Waals surface area contributed by atoms with Gasteiger partial charge in [-0.25, -0.2) is 15.0 Å². The second kappa shape index (κ2) is 8.59. The first kappa shape index (κ1) is 20.1. The summed E-state index contributed by atoms with van der Waals surface area (Å²) < 4.78 is 5.65.